The molecule has 1 aliphatic carbocycles. The fourth-order valence-corrected chi connectivity index (χ4v) is 5.45. The molecule has 7 nitrogen and oxygen atoms in total. The SMILES string of the molecule is COc1cccc(C(=O)N[C@H]2CC[C@H](CCN3CCc4sc(OCC(C)(F)F)nc4C3)CC2)n1. The van der Waals surface area contributed by atoms with E-state index in [1.54, 1.807) is 18.2 Å². The number of rotatable bonds is 9. The van der Waals surface area contributed by atoms with Crippen LogP contribution in [-0.2, 0) is 13.0 Å². The van der Waals surface area contributed by atoms with Crippen LogP contribution in [0.25, 0.3) is 0 Å². The van der Waals surface area contributed by atoms with E-state index in [0.29, 0.717) is 22.7 Å². The second-order valence-electron chi connectivity index (χ2n) is 9.28. The Hall–Kier alpha value is -2.33. The average Bonchev–Trinajstić information content (AvgIpc) is 3.24. The highest BCUT2D eigenvalue weighted by Crippen LogP contribution is 2.32. The maximum Gasteiger partial charge on any atom is 0.278 e. The van der Waals surface area contributed by atoms with E-state index in [1.807, 2.05) is 0 Å². The molecule has 0 bridgehead atoms. The van der Waals surface area contributed by atoms with Crippen LogP contribution in [0, 0.1) is 5.92 Å². The van der Waals surface area contributed by atoms with Gasteiger partial charge in [-0.25, -0.2) is 18.7 Å². The summed E-state index contributed by atoms with van der Waals surface area (Å²) >= 11 is 1.39. The van der Waals surface area contributed by atoms with Gasteiger partial charge in [-0.3, -0.25) is 9.69 Å². The zero-order valence-corrected chi connectivity index (χ0v) is 20.5. The predicted octanol–water partition coefficient (Wildman–Crippen LogP) is 4.32. The number of hydrogen-bond donors (Lipinski definition) is 1. The third kappa shape index (κ3) is 6.85. The van der Waals surface area contributed by atoms with E-state index in [9.17, 15) is 13.6 Å². The molecule has 0 radical (unpaired) electrons. The Bertz CT molecular complexity index is 973. The summed E-state index contributed by atoms with van der Waals surface area (Å²) in [6.07, 6.45) is 6.13. The van der Waals surface area contributed by atoms with Crippen molar-refractivity contribution < 1.29 is 23.0 Å². The summed E-state index contributed by atoms with van der Waals surface area (Å²) in [5, 5.41) is 3.46. The quantitative estimate of drug-likeness (QED) is 0.560. The van der Waals surface area contributed by atoms with Crippen molar-refractivity contribution in [2.24, 2.45) is 5.92 Å². The van der Waals surface area contributed by atoms with Gasteiger partial charge in [0.1, 0.15) is 5.69 Å². The van der Waals surface area contributed by atoms with Crippen LogP contribution in [0.3, 0.4) is 0 Å². The van der Waals surface area contributed by atoms with Crippen LogP contribution in [0.2, 0.25) is 0 Å². The first-order chi connectivity index (χ1) is 16.3. The summed E-state index contributed by atoms with van der Waals surface area (Å²) in [5.74, 6) is -1.93. The second-order valence-corrected chi connectivity index (χ2v) is 10.3. The van der Waals surface area contributed by atoms with Gasteiger partial charge in [0.25, 0.3) is 17.0 Å². The zero-order chi connectivity index (χ0) is 24.1. The molecule has 34 heavy (non-hydrogen) atoms. The number of halogens is 2. The highest BCUT2D eigenvalue weighted by atomic mass is 32.1. The van der Waals surface area contributed by atoms with E-state index >= 15 is 0 Å². The van der Waals surface area contributed by atoms with Gasteiger partial charge in [0.15, 0.2) is 6.61 Å². The van der Waals surface area contributed by atoms with Crippen LogP contribution in [0.15, 0.2) is 18.2 Å². The summed E-state index contributed by atoms with van der Waals surface area (Å²) in [6, 6.07) is 5.37. The molecule has 0 spiro atoms. The molecule has 4 rings (SSSR count). The number of aromatic nitrogens is 2. The Balaban J connectivity index is 1.18. The Morgan fingerprint density at radius 1 is 1.26 bits per heavy atom. The molecule has 0 aromatic carbocycles. The van der Waals surface area contributed by atoms with Crippen LogP contribution < -0.4 is 14.8 Å². The van der Waals surface area contributed by atoms with Crippen LogP contribution in [-0.4, -0.2) is 59.5 Å². The summed E-state index contributed by atoms with van der Waals surface area (Å²) in [5.41, 5.74) is 1.34. The lowest BCUT2D eigenvalue weighted by molar-refractivity contribution is -0.0230. The molecule has 186 valence electrons. The highest BCUT2D eigenvalue weighted by Gasteiger charge is 2.27. The predicted molar refractivity (Wildman–Crippen MR) is 126 cm³/mol. The molecule has 2 aromatic rings. The molecule has 3 heterocycles. The topological polar surface area (TPSA) is 76.6 Å². The minimum absolute atomic E-state index is 0.152. The number of carbonyl (C=O) groups is 1. The zero-order valence-electron chi connectivity index (χ0n) is 19.7. The number of ether oxygens (including phenoxy) is 2. The first-order valence-corrected chi connectivity index (χ1v) is 12.6. The van der Waals surface area contributed by atoms with Crippen molar-refractivity contribution in [2.75, 3.05) is 26.8 Å². The summed E-state index contributed by atoms with van der Waals surface area (Å²) < 4.78 is 36.4. The number of hydrogen-bond acceptors (Lipinski definition) is 7. The number of alkyl halides is 2. The van der Waals surface area contributed by atoms with Crippen molar-refractivity contribution in [1.29, 1.82) is 0 Å². The molecule has 2 aliphatic rings. The number of amides is 1. The van der Waals surface area contributed by atoms with E-state index < -0.39 is 12.5 Å². The Morgan fingerprint density at radius 3 is 2.79 bits per heavy atom. The largest absolute Gasteiger partial charge is 0.481 e. The number of carbonyl (C=O) groups excluding carboxylic acids is 1. The van der Waals surface area contributed by atoms with Crippen molar-refractivity contribution >= 4 is 17.2 Å². The smallest absolute Gasteiger partial charge is 0.278 e. The maximum atomic E-state index is 13.0. The van der Waals surface area contributed by atoms with Crippen LogP contribution in [0.4, 0.5) is 8.78 Å². The summed E-state index contributed by atoms with van der Waals surface area (Å²) in [4.78, 5) is 24.7. The summed E-state index contributed by atoms with van der Waals surface area (Å²) in [6.45, 7) is 2.91. The molecule has 1 aliphatic heterocycles. The standard InChI is InChI=1S/C24H32F2N4O3S/c1-24(25,26)15-33-23-29-19-14-30(13-11-20(19)34-23)12-10-16-6-8-17(9-7-16)27-22(31)18-4-3-5-21(28-18)32-2/h3-5,16-17H,6-15H2,1-2H3,(H,27,31)/t16-,17-. The Labute approximate surface area is 202 Å². The molecule has 0 saturated heterocycles. The molecule has 1 fully saturated rings. The molecule has 1 N–H and O–H groups in total. The number of nitrogens with one attached hydrogen (secondary N) is 1. The number of fused-ring (bicyclic) bond motifs is 1. The lowest BCUT2D eigenvalue weighted by Crippen LogP contribution is -2.38. The first kappa shape index (κ1) is 24.8. The van der Waals surface area contributed by atoms with E-state index in [1.165, 1.54) is 18.4 Å². The molecule has 10 heteroatoms. The fraction of sp³-hybridized carbons (Fsp3) is 0.625. The van der Waals surface area contributed by atoms with Crippen molar-refractivity contribution in [3.05, 3.63) is 34.5 Å². The van der Waals surface area contributed by atoms with Crippen LogP contribution >= 0.6 is 11.3 Å². The number of pyridine rings is 1. The van der Waals surface area contributed by atoms with E-state index in [-0.39, 0.29) is 11.9 Å². The second kappa shape index (κ2) is 10.9. The molecule has 0 atom stereocenters. The monoisotopic (exact) mass is 494 g/mol. The van der Waals surface area contributed by atoms with Crippen molar-refractivity contribution in [3.8, 4) is 11.1 Å². The van der Waals surface area contributed by atoms with Crippen molar-refractivity contribution in [1.82, 2.24) is 20.2 Å². The molecule has 0 unspecified atom stereocenters. The summed E-state index contributed by atoms with van der Waals surface area (Å²) in [7, 11) is 1.54. The number of nitrogens with zero attached hydrogens (tertiary/aromatic N) is 3. The molecular formula is C24H32F2N4O3S. The third-order valence-corrected chi connectivity index (χ3v) is 7.51. The fourth-order valence-electron chi connectivity index (χ4n) is 4.55. The Kier molecular flexibility index (Phi) is 7.98. The average molecular weight is 495 g/mol. The number of methoxy groups -OCH3 is 1. The van der Waals surface area contributed by atoms with Gasteiger partial charge in [-0.05, 0) is 57.1 Å². The van der Waals surface area contributed by atoms with E-state index in [4.69, 9.17) is 9.47 Å². The molecule has 1 amide bonds. The molecule has 1 saturated carbocycles. The minimum atomic E-state index is -2.86. The maximum absolute atomic E-state index is 13.0. The van der Waals surface area contributed by atoms with Gasteiger partial charge in [-0.15, -0.1) is 0 Å². The van der Waals surface area contributed by atoms with Gasteiger partial charge in [0.2, 0.25) is 5.88 Å². The van der Waals surface area contributed by atoms with Crippen LogP contribution in [0.1, 0.15) is 60.1 Å². The lowest BCUT2D eigenvalue weighted by Gasteiger charge is -2.31. The molecular weight excluding hydrogens is 462 g/mol. The van der Waals surface area contributed by atoms with Gasteiger partial charge in [-0.2, -0.15) is 0 Å². The van der Waals surface area contributed by atoms with Crippen molar-refractivity contribution in [3.63, 3.8) is 0 Å². The number of thiazole rings is 1. The van der Waals surface area contributed by atoms with E-state index in [0.717, 1.165) is 75.7 Å². The van der Waals surface area contributed by atoms with Gasteiger partial charge >= 0.3 is 0 Å². The van der Waals surface area contributed by atoms with Gasteiger partial charge in [-0.1, -0.05) is 17.4 Å². The molecule has 2 aromatic heterocycles. The normalized spacial score (nSPS) is 21.1. The van der Waals surface area contributed by atoms with Gasteiger partial charge < -0.3 is 14.8 Å². The van der Waals surface area contributed by atoms with Crippen molar-refractivity contribution in [2.45, 2.75) is 64.0 Å². The highest BCUT2D eigenvalue weighted by molar-refractivity contribution is 7.13. The van der Waals surface area contributed by atoms with Gasteiger partial charge in [0.05, 0.1) is 12.8 Å². The lowest BCUT2D eigenvalue weighted by atomic mass is 9.84. The van der Waals surface area contributed by atoms with E-state index in [2.05, 4.69) is 20.2 Å². The Morgan fingerprint density at radius 2 is 2.06 bits per heavy atom. The van der Waals surface area contributed by atoms with Crippen LogP contribution in [0.5, 0.6) is 11.1 Å². The third-order valence-electron chi connectivity index (χ3n) is 6.44. The minimum Gasteiger partial charge on any atom is -0.481 e. The first-order valence-electron chi connectivity index (χ1n) is 11.8. The van der Waals surface area contributed by atoms with Gasteiger partial charge in [0, 0.05) is 37.0 Å².